The number of benzene rings is 6. The normalized spacial score (nSPS) is 26.6. The number of carbonyl (C=O) groups excluding carboxylic acids is 5. The molecule has 16 nitrogen and oxygen atoms in total. The van der Waals surface area contributed by atoms with Crippen molar-refractivity contribution in [2.24, 2.45) is 53.3 Å². The molecule has 0 saturated heterocycles. The van der Waals surface area contributed by atoms with Crippen molar-refractivity contribution in [2.45, 2.75) is 164 Å². The summed E-state index contributed by atoms with van der Waals surface area (Å²) in [4.78, 5) is 75.5. The van der Waals surface area contributed by atoms with Crippen molar-refractivity contribution >= 4 is 52.3 Å². The first-order valence-corrected chi connectivity index (χ1v) is 34.1. The molecule has 3 saturated carbocycles. The third-order valence-corrected chi connectivity index (χ3v) is 20.3. The second-order valence-electron chi connectivity index (χ2n) is 27.2. The van der Waals surface area contributed by atoms with E-state index in [0.29, 0.717) is 79.9 Å². The van der Waals surface area contributed by atoms with Gasteiger partial charge in [-0.05, 0) is 163 Å². The van der Waals surface area contributed by atoms with Gasteiger partial charge in [-0.1, -0.05) is 153 Å². The largest absolute Gasteiger partial charge is 0.486 e. The van der Waals surface area contributed by atoms with Gasteiger partial charge in [-0.15, -0.1) is 0 Å². The Morgan fingerprint density at radius 3 is 1.11 bits per heavy atom. The maximum Gasteiger partial charge on any atom is 0.255 e. The highest BCUT2D eigenvalue weighted by Crippen LogP contribution is 2.43. The topological polar surface area (TPSA) is 217 Å². The van der Waals surface area contributed by atoms with Gasteiger partial charge in [-0.2, -0.15) is 0 Å². The minimum atomic E-state index is -0.861. The third-order valence-electron chi connectivity index (χ3n) is 20.3. The van der Waals surface area contributed by atoms with Gasteiger partial charge in [0.2, 0.25) is 17.7 Å². The molecule has 12 bridgehead atoms. The van der Waals surface area contributed by atoms with Gasteiger partial charge in [-0.3, -0.25) is 24.0 Å². The molecule has 0 aromatic heterocycles. The van der Waals surface area contributed by atoms with Gasteiger partial charge in [0.05, 0.1) is 40.0 Å². The molecule has 6 aromatic rings. The third kappa shape index (κ3) is 16.8. The number of nitrogens with one attached hydrogen (secondary N) is 7. The first kappa shape index (κ1) is 67.7. The Bertz CT molecular complexity index is 3570. The van der Waals surface area contributed by atoms with E-state index < -0.39 is 35.9 Å². The van der Waals surface area contributed by atoms with E-state index in [1.54, 1.807) is 0 Å². The molecule has 1 heterocycles. The van der Waals surface area contributed by atoms with Crippen LogP contribution in [0.4, 0.5) is 22.7 Å². The number of aryl methyl sites for hydroxylation is 3. The minimum Gasteiger partial charge on any atom is -0.486 e. The monoisotopic (exact) mass is 1260 g/mol. The number of aliphatic hydroxyl groups is 1. The zero-order valence-corrected chi connectivity index (χ0v) is 55.7. The van der Waals surface area contributed by atoms with Crippen molar-refractivity contribution in [1.82, 2.24) is 16.0 Å². The van der Waals surface area contributed by atoms with Crippen LogP contribution in [0.1, 0.15) is 155 Å². The Kier molecular flexibility index (Phi) is 22.7. The first-order valence-electron chi connectivity index (χ1n) is 34.1. The van der Waals surface area contributed by atoms with Crippen LogP contribution in [-0.4, -0.2) is 72.0 Å². The molecular formula is C77H97N7O9. The molecule has 1 aliphatic heterocycles. The second kappa shape index (κ2) is 31.1. The zero-order valence-electron chi connectivity index (χ0n) is 55.7. The lowest BCUT2D eigenvalue weighted by atomic mass is 9.72. The van der Waals surface area contributed by atoms with Gasteiger partial charge in [-0.25, -0.2) is 0 Å². The number of aliphatic hydroxyl groups excluding tert-OH is 1. The van der Waals surface area contributed by atoms with E-state index in [1.807, 2.05) is 141 Å². The highest BCUT2D eigenvalue weighted by molar-refractivity contribution is 6.04. The molecule has 3 fully saturated rings. The fourth-order valence-electron chi connectivity index (χ4n) is 14.6. The van der Waals surface area contributed by atoms with Crippen molar-refractivity contribution in [3.05, 3.63) is 172 Å². The molecule has 13 atom stereocenters. The molecule has 5 amide bonds. The van der Waals surface area contributed by atoms with Crippen LogP contribution < -0.4 is 51.4 Å². The smallest absolute Gasteiger partial charge is 0.255 e. The first-order chi connectivity index (χ1) is 44.9. The zero-order chi connectivity index (χ0) is 65.9. The molecule has 4 aliphatic rings. The predicted octanol–water partition coefficient (Wildman–Crippen LogP) is 13.3. The van der Waals surface area contributed by atoms with Crippen LogP contribution in [-0.2, 0) is 53.5 Å². The number of anilines is 4. The summed E-state index contributed by atoms with van der Waals surface area (Å²) in [5.74, 6) is -1.80. The molecule has 93 heavy (non-hydrogen) atoms. The molecule has 6 aromatic carbocycles. The molecule has 0 spiro atoms. The summed E-state index contributed by atoms with van der Waals surface area (Å²) >= 11 is 0. The molecule has 494 valence electrons. The Hall–Kier alpha value is -8.21. The van der Waals surface area contributed by atoms with Crippen molar-refractivity contribution in [3.63, 3.8) is 0 Å². The number of hydrogen-bond acceptors (Lipinski definition) is 11. The highest BCUT2D eigenvalue weighted by Gasteiger charge is 2.42. The average Bonchev–Trinajstić information content (AvgIpc) is 1.44. The van der Waals surface area contributed by atoms with Gasteiger partial charge in [0.1, 0.15) is 19.8 Å². The maximum absolute atomic E-state index is 15.2. The molecule has 8 N–H and O–H groups in total. The van der Waals surface area contributed by atoms with Crippen LogP contribution >= 0.6 is 0 Å². The quantitative estimate of drug-likeness (QED) is 0.0576. The lowest BCUT2D eigenvalue weighted by Gasteiger charge is -2.39. The van der Waals surface area contributed by atoms with Gasteiger partial charge >= 0.3 is 0 Å². The lowest BCUT2D eigenvalue weighted by molar-refractivity contribution is -0.123. The fraction of sp³-hybridized carbons (Fsp3) is 0.468. The van der Waals surface area contributed by atoms with E-state index in [1.165, 1.54) is 0 Å². The van der Waals surface area contributed by atoms with Crippen molar-refractivity contribution in [1.29, 1.82) is 0 Å². The number of carbonyl (C=O) groups is 5. The second-order valence-corrected chi connectivity index (χ2v) is 27.2. The minimum absolute atomic E-state index is 0.00698. The number of ether oxygens (including phenoxy) is 3. The summed E-state index contributed by atoms with van der Waals surface area (Å²) in [7, 11) is 0. The number of rotatable bonds is 12. The van der Waals surface area contributed by atoms with Gasteiger partial charge in [0, 0.05) is 49.0 Å². The summed E-state index contributed by atoms with van der Waals surface area (Å²) in [6, 6.07) is 39.7. The van der Waals surface area contributed by atoms with Gasteiger partial charge < -0.3 is 56.5 Å². The average molecular weight is 1260 g/mol. The SMILES string of the molecule is CCc1cc2c(OCc3ccccc3)c(c1)NC(=O)[C@@H]1C[C@H](NC(=O)c3cc(CC)cc(c3OCc3ccccc3)NC(=O)C3C[C@H](NC(=O)c4cc(CC)cc(c4OCc4ccccc4)NC(=O)[C@@H]4C[C@H](NCC(O)CN2)[C@@H](C)C[C@H]4C)[C@@H](C)C[C@H]3C)[C@@H](C)C[C@H]1C. The van der Waals surface area contributed by atoms with Gasteiger partial charge in [0.15, 0.2) is 17.2 Å². The van der Waals surface area contributed by atoms with E-state index in [-0.39, 0.29) is 127 Å². The van der Waals surface area contributed by atoms with E-state index in [4.69, 9.17) is 14.2 Å². The maximum atomic E-state index is 15.2. The Labute approximate surface area is 549 Å². The Morgan fingerprint density at radius 1 is 0.387 bits per heavy atom. The van der Waals surface area contributed by atoms with Crippen LogP contribution in [0.2, 0.25) is 0 Å². The fourth-order valence-corrected chi connectivity index (χ4v) is 14.6. The molecule has 10 rings (SSSR count). The molecule has 2 unspecified atom stereocenters. The van der Waals surface area contributed by atoms with E-state index in [2.05, 4.69) is 85.7 Å². The summed E-state index contributed by atoms with van der Waals surface area (Å²) in [6.07, 6.45) is 4.22. The van der Waals surface area contributed by atoms with Crippen LogP contribution in [0.5, 0.6) is 17.2 Å². The molecule has 16 heteroatoms. The van der Waals surface area contributed by atoms with Gasteiger partial charge in [0.25, 0.3) is 11.8 Å². The number of hydrogen-bond donors (Lipinski definition) is 8. The van der Waals surface area contributed by atoms with Crippen LogP contribution in [0.15, 0.2) is 127 Å². The van der Waals surface area contributed by atoms with Crippen LogP contribution in [0.3, 0.4) is 0 Å². The molecule has 0 radical (unpaired) electrons. The van der Waals surface area contributed by atoms with E-state index in [9.17, 15) is 9.90 Å². The number of fused-ring (bicyclic) bond motifs is 12. The Balaban J connectivity index is 1.03. The number of β-amino-alcohol motifs (C(OH)–C–C–N with tert-alkyl or cyclic N) is 1. The molecule has 3 aliphatic carbocycles. The van der Waals surface area contributed by atoms with Crippen LogP contribution in [0, 0.1) is 53.3 Å². The van der Waals surface area contributed by atoms with Crippen LogP contribution in [0.25, 0.3) is 0 Å². The summed E-state index contributed by atoms with van der Waals surface area (Å²) in [5.41, 5.74) is 7.74. The summed E-state index contributed by atoms with van der Waals surface area (Å²) in [6.45, 7) is 19.6. The van der Waals surface area contributed by atoms with Crippen molar-refractivity contribution in [3.8, 4) is 17.2 Å². The number of amides is 5. The van der Waals surface area contributed by atoms with Crippen molar-refractivity contribution < 1.29 is 43.3 Å². The summed E-state index contributed by atoms with van der Waals surface area (Å²) < 4.78 is 20.1. The van der Waals surface area contributed by atoms with Crippen molar-refractivity contribution in [2.75, 3.05) is 34.4 Å². The summed E-state index contributed by atoms with van der Waals surface area (Å²) in [5, 5.41) is 35.6. The molecular weight excluding hydrogens is 1170 g/mol. The standard InChI is InChI=1S/C77H97N7O9/c1-10-51-31-61-70(91-42-54-22-16-13-17-23-54)67(34-51)82-73(86)58-37-63(48(7)28-45(58)4)78-40-57(85)41-79-66-33-53(12-3)36-69(72(66)93-44-56-26-20-15-21-27-56)84-75(88)60-39-65(50(9)30-47(60)6)81-77(90)62-32-52(11-2)35-68(71(62)92-43-55-24-18-14-19-25-55)83-74(87)59-38-64(80-76(61)89)49(8)29-46(59)5/h13-27,31-36,45-50,57-60,63-65,78-79,85H,10-12,28-30,37-44H2,1-9H3,(H,80,89)(H,81,90)(H,82,86)(H,83,87)(H,84,88)/t45-,46-,47-,48+,49+,50+,57?,58-,59?,60-,63+,64+,65+/m1/s1. The van der Waals surface area contributed by atoms with E-state index >= 15 is 19.2 Å². The Morgan fingerprint density at radius 2 is 0.720 bits per heavy atom. The lowest BCUT2D eigenvalue weighted by Crippen LogP contribution is -2.48. The highest BCUT2D eigenvalue weighted by atomic mass is 16.5. The van der Waals surface area contributed by atoms with E-state index in [0.717, 1.165) is 39.8 Å². The predicted molar refractivity (Wildman–Crippen MR) is 368 cm³/mol.